The van der Waals surface area contributed by atoms with Gasteiger partial charge in [-0.2, -0.15) is 0 Å². The molecule has 1 aromatic heterocycles. The minimum atomic E-state index is 0.0852. The van der Waals surface area contributed by atoms with Gasteiger partial charge in [0.25, 0.3) is 5.91 Å². The van der Waals surface area contributed by atoms with Crippen molar-refractivity contribution in [3.63, 3.8) is 0 Å². The van der Waals surface area contributed by atoms with Gasteiger partial charge in [0.15, 0.2) is 0 Å². The predicted octanol–water partition coefficient (Wildman–Crippen LogP) is 3.50. The number of piperidine rings is 1. The summed E-state index contributed by atoms with van der Waals surface area (Å²) >= 11 is 0. The number of ether oxygens (including phenoxy) is 1. The maximum Gasteiger partial charge on any atom is 0.270 e. The van der Waals surface area contributed by atoms with Gasteiger partial charge in [-0.15, -0.1) is 0 Å². The third-order valence-electron chi connectivity index (χ3n) is 5.38. The van der Waals surface area contributed by atoms with E-state index in [4.69, 9.17) is 4.74 Å². The number of aromatic amines is 1. The van der Waals surface area contributed by atoms with E-state index in [0.29, 0.717) is 5.69 Å². The number of benzene rings is 2. The first kappa shape index (κ1) is 18.0. The van der Waals surface area contributed by atoms with Crippen molar-refractivity contribution >= 4 is 27.6 Å². The molecule has 1 aliphatic rings. The fourth-order valence-corrected chi connectivity index (χ4v) is 3.80. The minimum Gasteiger partial charge on any atom is -0.377 e. The molecule has 0 bridgehead atoms. The Morgan fingerprint density at radius 3 is 2.70 bits per heavy atom. The molecule has 0 radical (unpaired) electrons. The highest BCUT2D eigenvalue weighted by molar-refractivity contribution is 6.09. The third-order valence-corrected chi connectivity index (χ3v) is 5.38. The van der Waals surface area contributed by atoms with E-state index >= 15 is 0 Å². The van der Waals surface area contributed by atoms with Crippen LogP contribution >= 0.6 is 0 Å². The SMILES string of the molecule is CN(C)CCOC1CCN(C(=O)c2cc3c(ccc4ccccc43)[nH]2)CC1. The summed E-state index contributed by atoms with van der Waals surface area (Å²) in [6.45, 7) is 3.19. The van der Waals surface area contributed by atoms with Crippen molar-refractivity contribution in [1.29, 1.82) is 0 Å². The third kappa shape index (κ3) is 3.84. The van der Waals surface area contributed by atoms with E-state index in [-0.39, 0.29) is 12.0 Å². The molecule has 1 saturated heterocycles. The summed E-state index contributed by atoms with van der Waals surface area (Å²) in [7, 11) is 4.10. The average Bonchev–Trinajstić information content (AvgIpc) is 3.12. The number of fused-ring (bicyclic) bond motifs is 3. The van der Waals surface area contributed by atoms with Crippen LogP contribution in [0.4, 0.5) is 0 Å². The Balaban J connectivity index is 1.44. The Kier molecular flexibility index (Phi) is 5.14. The van der Waals surface area contributed by atoms with Gasteiger partial charge in [0.05, 0.1) is 12.7 Å². The standard InChI is InChI=1S/C22H27N3O2/c1-24(2)13-14-27-17-9-11-25(12-10-17)22(26)21-15-19-18-6-4-3-5-16(18)7-8-20(19)23-21/h3-8,15,17,23H,9-14H2,1-2H3. The molecule has 5 nitrogen and oxygen atoms in total. The second-order valence-corrected chi connectivity index (χ2v) is 7.60. The van der Waals surface area contributed by atoms with Crippen LogP contribution in [-0.2, 0) is 4.74 Å². The number of likely N-dealkylation sites (tertiary alicyclic amines) is 1. The first-order chi connectivity index (χ1) is 13.1. The lowest BCUT2D eigenvalue weighted by Gasteiger charge is -2.32. The van der Waals surface area contributed by atoms with Gasteiger partial charge in [-0.25, -0.2) is 0 Å². The molecule has 0 unspecified atom stereocenters. The van der Waals surface area contributed by atoms with E-state index in [0.717, 1.165) is 50.0 Å². The van der Waals surface area contributed by atoms with Crippen LogP contribution in [0.5, 0.6) is 0 Å². The van der Waals surface area contributed by atoms with Gasteiger partial charge in [0.2, 0.25) is 0 Å². The second kappa shape index (κ2) is 7.71. The highest BCUT2D eigenvalue weighted by Crippen LogP contribution is 2.27. The van der Waals surface area contributed by atoms with Gasteiger partial charge in [0.1, 0.15) is 5.69 Å². The van der Waals surface area contributed by atoms with Crippen LogP contribution in [-0.4, -0.2) is 67.1 Å². The largest absolute Gasteiger partial charge is 0.377 e. The molecule has 5 heteroatoms. The van der Waals surface area contributed by atoms with Crippen molar-refractivity contribution in [3.8, 4) is 0 Å². The zero-order chi connectivity index (χ0) is 18.8. The number of H-pyrrole nitrogens is 1. The van der Waals surface area contributed by atoms with Crippen molar-refractivity contribution in [2.45, 2.75) is 18.9 Å². The number of aromatic nitrogens is 1. The van der Waals surface area contributed by atoms with Crippen LogP contribution in [0, 0.1) is 0 Å². The second-order valence-electron chi connectivity index (χ2n) is 7.60. The van der Waals surface area contributed by atoms with Gasteiger partial charge in [0, 0.05) is 30.5 Å². The van der Waals surface area contributed by atoms with E-state index in [1.807, 2.05) is 37.2 Å². The maximum absolute atomic E-state index is 13.0. The minimum absolute atomic E-state index is 0.0852. The smallest absolute Gasteiger partial charge is 0.270 e. The predicted molar refractivity (Wildman–Crippen MR) is 109 cm³/mol. The van der Waals surface area contributed by atoms with E-state index in [9.17, 15) is 4.79 Å². The lowest BCUT2D eigenvalue weighted by Crippen LogP contribution is -2.41. The van der Waals surface area contributed by atoms with Crippen molar-refractivity contribution < 1.29 is 9.53 Å². The van der Waals surface area contributed by atoms with Crippen molar-refractivity contribution in [2.24, 2.45) is 0 Å². The summed E-state index contributed by atoms with van der Waals surface area (Å²) < 4.78 is 5.94. The van der Waals surface area contributed by atoms with Crippen molar-refractivity contribution in [1.82, 2.24) is 14.8 Å². The lowest BCUT2D eigenvalue weighted by atomic mass is 10.1. The fourth-order valence-electron chi connectivity index (χ4n) is 3.80. The number of carbonyl (C=O) groups is 1. The first-order valence-corrected chi connectivity index (χ1v) is 9.68. The fraction of sp³-hybridized carbons (Fsp3) is 0.409. The number of likely N-dealkylation sites (N-methyl/N-ethyl adjacent to an activating group) is 1. The molecule has 1 N–H and O–H groups in total. The molecule has 1 aliphatic heterocycles. The Morgan fingerprint density at radius 2 is 1.93 bits per heavy atom. The highest BCUT2D eigenvalue weighted by Gasteiger charge is 2.25. The Labute approximate surface area is 159 Å². The van der Waals surface area contributed by atoms with E-state index < -0.39 is 0 Å². The van der Waals surface area contributed by atoms with Crippen LogP contribution < -0.4 is 0 Å². The normalized spacial score (nSPS) is 15.9. The maximum atomic E-state index is 13.0. The number of hydrogen-bond acceptors (Lipinski definition) is 3. The van der Waals surface area contributed by atoms with Gasteiger partial charge in [-0.05, 0) is 49.8 Å². The molecule has 27 heavy (non-hydrogen) atoms. The molecule has 2 heterocycles. The average molecular weight is 365 g/mol. The number of rotatable bonds is 5. The molecule has 3 aromatic rings. The molecule has 142 valence electrons. The zero-order valence-corrected chi connectivity index (χ0v) is 16.1. The topological polar surface area (TPSA) is 48.6 Å². The van der Waals surface area contributed by atoms with Crippen molar-refractivity contribution in [2.75, 3.05) is 40.3 Å². The van der Waals surface area contributed by atoms with Crippen LogP contribution in [0.3, 0.4) is 0 Å². The molecule has 0 aliphatic carbocycles. The van der Waals surface area contributed by atoms with Crippen LogP contribution in [0.15, 0.2) is 42.5 Å². The Hall–Kier alpha value is -2.37. The van der Waals surface area contributed by atoms with Gasteiger partial charge >= 0.3 is 0 Å². The van der Waals surface area contributed by atoms with Crippen LogP contribution in [0.25, 0.3) is 21.7 Å². The Morgan fingerprint density at radius 1 is 1.15 bits per heavy atom. The van der Waals surface area contributed by atoms with E-state index in [2.05, 4.69) is 34.1 Å². The first-order valence-electron chi connectivity index (χ1n) is 9.68. The quantitative estimate of drug-likeness (QED) is 0.753. The van der Waals surface area contributed by atoms with Crippen molar-refractivity contribution in [3.05, 3.63) is 48.2 Å². The number of hydrogen-bond donors (Lipinski definition) is 1. The van der Waals surface area contributed by atoms with E-state index in [1.165, 1.54) is 10.8 Å². The lowest BCUT2D eigenvalue weighted by molar-refractivity contribution is 0.00382. The molecule has 1 fully saturated rings. The summed E-state index contributed by atoms with van der Waals surface area (Å²) in [5.41, 5.74) is 1.69. The van der Waals surface area contributed by atoms with Crippen LogP contribution in [0.2, 0.25) is 0 Å². The molecule has 2 aromatic carbocycles. The number of amides is 1. The molecule has 4 rings (SSSR count). The molecular weight excluding hydrogens is 338 g/mol. The Bertz CT molecular complexity index is 939. The molecule has 0 spiro atoms. The summed E-state index contributed by atoms with van der Waals surface area (Å²) in [6, 6.07) is 14.4. The molecule has 1 amide bonds. The number of nitrogens with one attached hydrogen (secondary N) is 1. The molecule has 0 saturated carbocycles. The summed E-state index contributed by atoms with van der Waals surface area (Å²) in [6.07, 6.45) is 2.07. The number of nitrogens with zero attached hydrogens (tertiary/aromatic N) is 2. The van der Waals surface area contributed by atoms with Gasteiger partial charge in [-0.1, -0.05) is 30.3 Å². The number of carbonyl (C=O) groups excluding carboxylic acids is 1. The molecule has 0 atom stereocenters. The summed E-state index contributed by atoms with van der Waals surface area (Å²) in [5, 5.41) is 3.48. The molecular formula is C22H27N3O2. The monoisotopic (exact) mass is 365 g/mol. The zero-order valence-electron chi connectivity index (χ0n) is 16.1. The van der Waals surface area contributed by atoms with E-state index in [1.54, 1.807) is 0 Å². The van der Waals surface area contributed by atoms with Gasteiger partial charge < -0.3 is 19.5 Å². The van der Waals surface area contributed by atoms with Gasteiger partial charge in [-0.3, -0.25) is 4.79 Å². The summed E-state index contributed by atoms with van der Waals surface area (Å²) in [5.74, 6) is 0.0852. The summed E-state index contributed by atoms with van der Waals surface area (Å²) in [4.78, 5) is 20.3. The van der Waals surface area contributed by atoms with Crippen LogP contribution in [0.1, 0.15) is 23.3 Å². The highest BCUT2D eigenvalue weighted by atomic mass is 16.5.